The Morgan fingerprint density at radius 3 is 2.19 bits per heavy atom. The van der Waals surface area contributed by atoms with E-state index in [2.05, 4.69) is 0 Å². The van der Waals surface area contributed by atoms with Crippen LogP contribution in [-0.4, -0.2) is 23.9 Å². The third-order valence-corrected chi connectivity index (χ3v) is 2.87. The Morgan fingerprint density at radius 2 is 1.75 bits per heavy atom. The maximum absolute atomic E-state index is 12.2. The zero-order valence-electron chi connectivity index (χ0n) is 10.2. The standard InChI is InChI=1S/C13H20N2O/c1-4-15(5-2)12(16)13(3,14)11-9-7-6-8-10-11/h6-10H,4-5,14H2,1-3H3. The lowest BCUT2D eigenvalue weighted by atomic mass is 9.91. The minimum Gasteiger partial charge on any atom is -0.341 e. The zero-order valence-corrected chi connectivity index (χ0v) is 10.2. The van der Waals surface area contributed by atoms with Crippen LogP contribution in [0, 0.1) is 0 Å². The van der Waals surface area contributed by atoms with Crippen molar-refractivity contribution in [1.29, 1.82) is 0 Å². The van der Waals surface area contributed by atoms with Gasteiger partial charge in [-0.25, -0.2) is 0 Å². The molecule has 3 nitrogen and oxygen atoms in total. The van der Waals surface area contributed by atoms with E-state index in [0.29, 0.717) is 13.1 Å². The number of hydrogen-bond acceptors (Lipinski definition) is 2. The van der Waals surface area contributed by atoms with Crippen molar-refractivity contribution >= 4 is 5.91 Å². The molecule has 0 aliphatic carbocycles. The van der Waals surface area contributed by atoms with Crippen molar-refractivity contribution in [2.45, 2.75) is 26.3 Å². The van der Waals surface area contributed by atoms with Crippen LogP contribution in [0.2, 0.25) is 0 Å². The lowest BCUT2D eigenvalue weighted by Crippen LogP contribution is -2.50. The smallest absolute Gasteiger partial charge is 0.246 e. The summed E-state index contributed by atoms with van der Waals surface area (Å²) in [6, 6.07) is 9.50. The Kier molecular flexibility index (Phi) is 4.07. The lowest BCUT2D eigenvalue weighted by molar-refractivity contribution is -0.136. The molecule has 3 heteroatoms. The molecule has 1 rings (SSSR count). The third-order valence-electron chi connectivity index (χ3n) is 2.87. The van der Waals surface area contributed by atoms with Gasteiger partial charge < -0.3 is 10.6 Å². The van der Waals surface area contributed by atoms with Gasteiger partial charge in [-0.2, -0.15) is 0 Å². The third kappa shape index (κ3) is 2.42. The first-order chi connectivity index (χ1) is 7.54. The second kappa shape index (κ2) is 5.12. The van der Waals surface area contributed by atoms with E-state index in [1.54, 1.807) is 11.8 Å². The van der Waals surface area contributed by atoms with E-state index >= 15 is 0 Å². The van der Waals surface area contributed by atoms with E-state index in [1.165, 1.54) is 0 Å². The quantitative estimate of drug-likeness (QED) is 0.840. The monoisotopic (exact) mass is 220 g/mol. The Balaban J connectivity index is 2.98. The largest absolute Gasteiger partial charge is 0.341 e. The van der Waals surface area contributed by atoms with E-state index in [1.807, 2.05) is 44.2 Å². The lowest BCUT2D eigenvalue weighted by Gasteiger charge is -2.30. The van der Waals surface area contributed by atoms with Crippen LogP contribution in [0.15, 0.2) is 30.3 Å². The van der Waals surface area contributed by atoms with Crippen molar-refractivity contribution in [3.8, 4) is 0 Å². The normalized spacial score (nSPS) is 14.2. The Morgan fingerprint density at radius 1 is 1.25 bits per heavy atom. The Labute approximate surface area is 97.2 Å². The highest BCUT2D eigenvalue weighted by Crippen LogP contribution is 2.20. The number of carbonyl (C=O) groups excluding carboxylic acids is 1. The molecular weight excluding hydrogens is 200 g/mol. The fourth-order valence-electron chi connectivity index (χ4n) is 1.75. The summed E-state index contributed by atoms with van der Waals surface area (Å²) < 4.78 is 0. The van der Waals surface area contributed by atoms with Crippen LogP contribution < -0.4 is 5.73 Å². The van der Waals surface area contributed by atoms with Crippen LogP contribution in [-0.2, 0) is 10.3 Å². The van der Waals surface area contributed by atoms with E-state index in [4.69, 9.17) is 5.73 Å². The Hall–Kier alpha value is -1.35. The maximum Gasteiger partial charge on any atom is 0.246 e. The summed E-state index contributed by atoms with van der Waals surface area (Å²) in [7, 11) is 0. The number of carbonyl (C=O) groups is 1. The highest BCUT2D eigenvalue weighted by molar-refractivity contribution is 5.87. The summed E-state index contributed by atoms with van der Waals surface area (Å²) in [5, 5.41) is 0. The average Bonchev–Trinajstić information content (AvgIpc) is 2.31. The van der Waals surface area contributed by atoms with Crippen molar-refractivity contribution in [3.63, 3.8) is 0 Å². The molecule has 2 N–H and O–H groups in total. The minimum absolute atomic E-state index is 0.0244. The van der Waals surface area contributed by atoms with Gasteiger partial charge >= 0.3 is 0 Å². The summed E-state index contributed by atoms with van der Waals surface area (Å²) in [6.07, 6.45) is 0. The molecule has 0 saturated heterocycles. The van der Waals surface area contributed by atoms with Crippen LogP contribution in [0.3, 0.4) is 0 Å². The summed E-state index contributed by atoms with van der Waals surface area (Å²) in [5.74, 6) is -0.0244. The van der Waals surface area contributed by atoms with Crippen LogP contribution in [0.4, 0.5) is 0 Å². The van der Waals surface area contributed by atoms with Gasteiger partial charge in [-0.3, -0.25) is 4.79 Å². The van der Waals surface area contributed by atoms with Crippen LogP contribution in [0.1, 0.15) is 26.3 Å². The van der Waals surface area contributed by atoms with Gasteiger partial charge in [-0.15, -0.1) is 0 Å². The molecule has 88 valence electrons. The first-order valence-electron chi connectivity index (χ1n) is 5.67. The summed E-state index contributed by atoms with van der Waals surface area (Å²) in [4.78, 5) is 14.0. The summed E-state index contributed by atoms with van der Waals surface area (Å²) in [5.41, 5.74) is 6.06. The number of amides is 1. The molecule has 0 aliphatic rings. The van der Waals surface area contributed by atoms with Crippen molar-refractivity contribution < 1.29 is 4.79 Å². The predicted octanol–water partition coefficient (Wildman–Crippen LogP) is 1.73. The highest BCUT2D eigenvalue weighted by atomic mass is 16.2. The van der Waals surface area contributed by atoms with Crippen molar-refractivity contribution in [2.75, 3.05) is 13.1 Å². The van der Waals surface area contributed by atoms with Gasteiger partial charge in [0.05, 0.1) is 0 Å². The van der Waals surface area contributed by atoms with E-state index < -0.39 is 5.54 Å². The maximum atomic E-state index is 12.2. The van der Waals surface area contributed by atoms with E-state index in [9.17, 15) is 4.79 Å². The molecule has 0 aliphatic heterocycles. The average molecular weight is 220 g/mol. The minimum atomic E-state index is -0.937. The number of nitrogens with zero attached hydrogens (tertiary/aromatic N) is 1. The molecule has 16 heavy (non-hydrogen) atoms. The van der Waals surface area contributed by atoms with Gasteiger partial charge in [0.2, 0.25) is 5.91 Å². The number of rotatable bonds is 4. The number of nitrogens with two attached hydrogens (primary N) is 1. The number of likely N-dealkylation sites (N-methyl/N-ethyl adjacent to an activating group) is 1. The SMILES string of the molecule is CCN(CC)C(=O)C(C)(N)c1ccccc1. The molecule has 1 unspecified atom stereocenters. The van der Waals surface area contributed by atoms with Gasteiger partial charge in [-0.1, -0.05) is 30.3 Å². The van der Waals surface area contributed by atoms with Gasteiger partial charge in [0.1, 0.15) is 5.54 Å². The van der Waals surface area contributed by atoms with Crippen molar-refractivity contribution in [2.24, 2.45) is 5.73 Å². The van der Waals surface area contributed by atoms with Crippen LogP contribution >= 0.6 is 0 Å². The van der Waals surface area contributed by atoms with E-state index in [-0.39, 0.29) is 5.91 Å². The Bertz CT molecular complexity index is 342. The number of benzene rings is 1. The van der Waals surface area contributed by atoms with Crippen LogP contribution in [0.5, 0.6) is 0 Å². The van der Waals surface area contributed by atoms with Gasteiger partial charge in [0.25, 0.3) is 0 Å². The molecule has 1 amide bonds. The molecule has 1 aromatic rings. The van der Waals surface area contributed by atoms with E-state index in [0.717, 1.165) is 5.56 Å². The molecule has 0 spiro atoms. The second-order valence-electron chi connectivity index (χ2n) is 4.05. The topological polar surface area (TPSA) is 46.3 Å². The fourth-order valence-corrected chi connectivity index (χ4v) is 1.75. The molecule has 0 saturated carbocycles. The fraction of sp³-hybridized carbons (Fsp3) is 0.462. The predicted molar refractivity (Wildman–Crippen MR) is 65.9 cm³/mol. The van der Waals surface area contributed by atoms with Gasteiger partial charge in [-0.05, 0) is 26.3 Å². The molecule has 0 radical (unpaired) electrons. The van der Waals surface area contributed by atoms with Crippen molar-refractivity contribution in [3.05, 3.63) is 35.9 Å². The molecule has 1 atom stereocenters. The van der Waals surface area contributed by atoms with Gasteiger partial charge in [0.15, 0.2) is 0 Å². The first-order valence-corrected chi connectivity index (χ1v) is 5.67. The second-order valence-corrected chi connectivity index (χ2v) is 4.05. The zero-order chi connectivity index (χ0) is 12.2. The molecule has 1 aromatic carbocycles. The summed E-state index contributed by atoms with van der Waals surface area (Å²) in [6.45, 7) is 7.07. The van der Waals surface area contributed by atoms with Crippen molar-refractivity contribution in [1.82, 2.24) is 4.90 Å². The highest BCUT2D eigenvalue weighted by Gasteiger charge is 2.33. The molecule has 0 bridgehead atoms. The first kappa shape index (κ1) is 12.7. The molecule has 0 aromatic heterocycles. The van der Waals surface area contributed by atoms with Gasteiger partial charge in [0, 0.05) is 13.1 Å². The molecule has 0 fully saturated rings. The molecular formula is C13H20N2O. The summed E-state index contributed by atoms with van der Waals surface area (Å²) >= 11 is 0. The van der Waals surface area contributed by atoms with Crippen LogP contribution in [0.25, 0.3) is 0 Å². The molecule has 0 heterocycles. The number of hydrogen-bond donors (Lipinski definition) is 1.